The molecule has 2 rings (SSSR count). The van der Waals surface area contributed by atoms with Crippen molar-refractivity contribution in [2.75, 3.05) is 6.54 Å². The molecule has 0 saturated heterocycles. The van der Waals surface area contributed by atoms with Crippen molar-refractivity contribution >= 4 is 0 Å². The lowest BCUT2D eigenvalue weighted by molar-refractivity contribution is 0.812. The number of benzene rings is 1. The molecule has 3 nitrogen and oxygen atoms in total. The van der Waals surface area contributed by atoms with Crippen LogP contribution in [0.4, 0.5) is 0 Å². The third-order valence-electron chi connectivity index (χ3n) is 3.53. The summed E-state index contributed by atoms with van der Waals surface area (Å²) in [5.74, 6) is 0. The molecule has 0 aliphatic heterocycles. The summed E-state index contributed by atoms with van der Waals surface area (Å²) in [6.07, 6.45) is 0.883. The average Bonchev–Trinajstić information content (AvgIpc) is 2.58. The molecule has 3 heteroatoms. The van der Waals surface area contributed by atoms with Crippen LogP contribution in [-0.4, -0.2) is 16.3 Å². The molecular formula is C15H21N3. The van der Waals surface area contributed by atoms with Crippen LogP contribution in [0.5, 0.6) is 0 Å². The first-order valence-electron chi connectivity index (χ1n) is 6.37. The maximum absolute atomic E-state index is 5.70. The van der Waals surface area contributed by atoms with Gasteiger partial charge in [0.25, 0.3) is 0 Å². The Hall–Kier alpha value is -1.61. The highest BCUT2D eigenvalue weighted by atomic mass is 15.3. The van der Waals surface area contributed by atoms with Gasteiger partial charge in [0.1, 0.15) is 0 Å². The van der Waals surface area contributed by atoms with Gasteiger partial charge in [-0.05, 0) is 57.9 Å². The first kappa shape index (κ1) is 12.8. The fourth-order valence-corrected chi connectivity index (χ4v) is 2.23. The van der Waals surface area contributed by atoms with Crippen LogP contribution in [0.1, 0.15) is 28.1 Å². The molecule has 0 radical (unpaired) electrons. The van der Waals surface area contributed by atoms with Crippen LogP contribution in [0.3, 0.4) is 0 Å². The summed E-state index contributed by atoms with van der Waals surface area (Å²) in [6.45, 7) is 9.05. The fraction of sp³-hybridized carbons (Fsp3) is 0.400. The molecule has 2 aromatic rings. The summed E-state index contributed by atoms with van der Waals surface area (Å²) in [7, 11) is 0. The molecule has 2 N–H and O–H groups in total. The quantitative estimate of drug-likeness (QED) is 0.900. The van der Waals surface area contributed by atoms with E-state index in [9.17, 15) is 0 Å². The van der Waals surface area contributed by atoms with Crippen LogP contribution in [0.2, 0.25) is 0 Å². The topological polar surface area (TPSA) is 43.8 Å². The second kappa shape index (κ2) is 4.94. The van der Waals surface area contributed by atoms with Gasteiger partial charge in [-0.3, -0.25) is 0 Å². The number of nitrogens with zero attached hydrogens (tertiary/aromatic N) is 2. The van der Waals surface area contributed by atoms with Gasteiger partial charge in [0, 0.05) is 5.69 Å². The average molecular weight is 243 g/mol. The van der Waals surface area contributed by atoms with E-state index in [1.165, 1.54) is 22.4 Å². The molecule has 0 aliphatic carbocycles. The maximum Gasteiger partial charge on any atom is 0.0681 e. The number of aromatic nitrogens is 2. The standard InChI is InChI=1S/C15H21N3/c1-10-5-6-15(14(9-10)7-8-16)18-13(4)11(2)12(3)17-18/h5-6,9H,7-8,16H2,1-4H3. The van der Waals surface area contributed by atoms with Crippen LogP contribution in [0, 0.1) is 27.7 Å². The predicted octanol–water partition coefficient (Wildman–Crippen LogP) is 2.61. The van der Waals surface area contributed by atoms with E-state index >= 15 is 0 Å². The van der Waals surface area contributed by atoms with Crippen molar-refractivity contribution in [2.45, 2.75) is 34.1 Å². The first-order valence-corrected chi connectivity index (χ1v) is 6.37. The van der Waals surface area contributed by atoms with Crippen molar-refractivity contribution in [1.29, 1.82) is 0 Å². The Kier molecular flexibility index (Phi) is 3.53. The normalized spacial score (nSPS) is 10.9. The number of hydrogen-bond acceptors (Lipinski definition) is 2. The Morgan fingerprint density at radius 3 is 2.44 bits per heavy atom. The van der Waals surface area contributed by atoms with Gasteiger partial charge in [0.2, 0.25) is 0 Å². The summed E-state index contributed by atoms with van der Waals surface area (Å²) >= 11 is 0. The van der Waals surface area contributed by atoms with Gasteiger partial charge < -0.3 is 5.73 Å². The van der Waals surface area contributed by atoms with Gasteiger partial charge in [0.15, 0.2) is 0 Å². The van der Waals surface area contributed by atoms with Crippen molar-refractivity contribution in [3.63, 3.8) is 0 Å². The highest BCUT2D eigenvalue weighted by molar-refractivity contribution is 5.45. The van der Waals surface area contributed by atoms with E-state index in [-0.39, 0.29) is 0 Å². The van der Waals surface area contributed by atoms with Crippen LogP contribution >= 0.6 is 0 Å². The van der Waals surface area contributed by atoms with Crippen LogP contribution in [0.15, 0.2) is 18.2 Å². The number of nitrogens with two attached hydrogens (primary N) is 1. The van der Waals surface area contributed by atoms with E-state index < -0.39 is 0 Å². The number of rotatable bonds is 3. The third-order valence-corrected chi connectivity index (χ3v) is 3.53. The summed E-state index contributed by atoms with van der Waals surface area (Å²) < 4.78 is 2.04. The Balaban J connectivity index is 2.59. The van der Waals surface area contributed by atoms with Gasteiger partial charge in [0.05, 0.1) is 11.4 Å². The lowest BCUT2D eigenvalue weighted by Gasteiger charge is -2.12. The van der Waals surface area contributed by atoms with E-state index in [0.717, 1.165) is 17.8 Å². The van der Waals surface area contributed by atoms with E-state index in [0.29, 0.717) is 6.54 Å². The second-order valence-electron chi connectivity index (χ2n) is 4.88. The van der Waals surface area contributed by atoms with Gasteiger partial charge in [-0.15, -0.1) is 0 Å². The molecular weight excluding hydrogens is 222 g/mol. The zero-order valence-electron chi connectivity index (χ0n) is 11.6. The Morgan fingerprint density at radius 2 is 1.89 bits per heavy atom. The molecule has 0 aliphatic rings. The van der Waals surface area contributed by atoms with E-state index in [1.807, 2.05) is 4.68 Å². The third kappa shape index (κ3) is 2.18. The van der Waals surface area contributed by atoms with Crippen LogP contribution < -0.4 is 5.73 Å². The van der Waals surface area contributed by atoms with Crippen molar-refractivity contribution in [3.8, 4) is 5.69 Å². The van der Waals surface area contributed by atoms with Gasteiger partial charge in [-0.1, -0.05) is 17.7 Å². The minimum absolute atomic E-state index is 0.661. The summed E-state index contributed by atoms with van der Waals surface area (Å²) in [4.78, 5) is 0. The molecule has 0 spiro atoms. The molecule has 0 fully saturated rings. The van der Waals surface area contributed by atoms with Gasteiger partial charge in [-0.25, -0.2) is 4.68 Å². The molecule has 18 heavy (non-hydrogen) atoms. The van der Waals surface area contributed by atoms with Crippen LogP contribution in [0.25, 0.3) is 5.69 Å². The zero-order chi connectivity index (χ0) is 13.3. The second-order valence-corrected chi connectivity index (χ2v) is 4.88. The number of aryl methyl sites for hydroxylation is 2. The van der Waals surface area contributed by atoms with Crippen molar-refractivity contribution in [2.24, 2.45) is 5.73 Å². The number of hydrogen-bond donors (Lipinski definition) is 1. The smallest absolute Gasteiger partial charge is 0.0681 e. The lowest BCUT2D eigenvalue weighted by Crippen LogP contribution is -2.09. The molecule has 1 heterocycles. The molecule has 1 aromatic carbocycles. The van der Waals surface area contributed by atoms with Gasteiger partial charge in [-0.2, -0.15) is 5.10 Å². The SMILES string of the molecule is Cc1ccc(-n2nc(C)c(C)c2C)c(CCN)c1. The molecule has 0 amide bonds. The molecule has 0 unspecified atom stereocenters. The monoisotopic (exact) mass is 243 g/mol. The maximum atomic E-state index is 5.70. The van der Waals surface area contributed by atoms with E-state index in [1.54, 1.807) is 0 Å². The minimum atomic E-state index is 0.661. The fourth-order valence-electron chi connectivity index (χ4n) is 2.23. The zero-order valence-corrected chi connectivity index (χ0v) is 11.6. The van der Waals surface area contributed by atoms with Crippen molar-refractivity contribution in [3.05, 3.63) is 46.3 Å². The molecule has 0 atom stereocenters. The summed E-state index contributed by atoms with van der Waals surface area (Å²) in [5.41, 5.74) is 12.9. The summed E-state index contributed by atoms with van der Waals surface area (Å²) in [6, 6.07) is 6.47. The molecule has 96 valence electrons. The molecule has 0 bridgehead atoms. The molecule has 0 saturated carbocycles. The highest BCUT2D eigenvalue weighted by Crippen LogP contribution is 2.21. The Labute approximate surface area is 109 Å². The largest absolute Gasteiger partial charge is 0.330 e. The van der Waals surface area contributed by atoms with E-state index in [4.69, 9.17) is 5.73 Å². The Bertz CT molecular complexity index is 567. The van der Waals surface area contributed by atoms with Gasteiger partial charge >= 0.3 is 0 Å². The molecule has 1 aromatic heterocycles. The van der Waals surface area contributed by atoms with Crippen molar-refractivity contribution < 1.29 is 0 Å². The highest BCUT2D eigenvalue weighted by Gasteiger charge is 2.12. The van der Waals surface area contributed by atoms with E-state index in [2.05, 4.69) is 51.0 Å². The first-order chi connectivity index (χ1) is 8.54. The summed E-state index contributed by atoms with van der Waals surface area (Å²) in [5, 5.41) is 4.63. The van der Waals surface area contributed by atoms with Crippen molar-refractivity contribution in [1.82, 2.24) is 9.78 Å². The predicted molar refractivity (Wildman–Crippen MR) is 75.3 cm³/mol. The minimum Gasteiger partial charge on any atom is -0.330 e. The lowest BCUT2D eigenvalue weighted by atomic mass is 10.1. The Morgan fingerprint density at radius 1 is 1.17 bits per heavy atom. The van der Waals surface area contributed by atoms with Crippen LogP contribution in [-0.2, 0) is 6.42 Å².